The van der Waals surface area contributed by atoms with Crippen molar-refractivity contribution < 1.29 is 4.74 Å². The largest absolute Gasteiger partial charge is 0.457 e. The maximum absolute atomic E-state index is 5.85. The number of hydrogen-bond donors (Lipinski definition) is 1. The Bertz CT molecular complexity index is 604. The molecule has 2 aromatic carbocycles. The molecule has 1 aliphatic heterocycles. The number of rotatable bonds is 5. The van der Waals surface area contributed by atoms with E-state index in [1.807, 2.05) is 54.7 Å². The van der Waals surface area contributed by atoms with Crippen molar-refractivity contribution in [1.29, 1.82) is 0 Å². The van der Waals surface area contributed by atoms with E-state index in [-0.39, 0.29) is 0 Å². The van der Waals surface area contributed by atoms with Crippen molar-refractivity contribution in [2.24, 2.45) is 10.9 Å². The topological polar surface area (TPSA) is 33.6 Å². The van der Waals surface area contributed by atoms with Gasteiger partial charge in [0.1, 0.15) is 11.5 Å². The van der Waals surface area contributed by atoms with Crippen LogP contribution in [0.4, 0.5) is 0 Å². The Morgan fingerprint density at radius 2 is 1.77 bits per heavy atom. The summed E-state index contributed by atoms with van der Waals surface area (Å²) in [5.74, 6) is 2.42. The molecule has 3 rings (SSSR count). The Balaban J connectivity index is 1.58. The third-order valence-corrected chi connectivity index (χ3v) is 3.90. The zero-order valence-corrected chi connectivity index (χ0v) is 12.7. The summed E-state index contributed by atoms with van der Waals surface area (Å²) in [6, 6.07) is 17.9. The van der Waals surface area contributed by atoms with Crippen molar-refractivity contribution in [3.63, 3.8) is 0 Å². The van der Waals surface area contributed by atoms with E-state index >= 15 is 0 Å². The standard InChI is InChI=1S/C19H22N2O/c1-2-6-18(7-3-1)22-19-8-4-5-17(13-19)15-21-14-16-9-11-20-12-10-16/h1-8,13,15-16,20H,9-12,14H2. The molecule has 0 spiro atoms. The average molecular weight is 294 g/mol. The van der Waals surface area contributed by atoms with Crippen LogP contribution in [-0.4, -0.2) is 25.8 Å². The summed E-state index contributed by atoms with van der Waals surface area (Å²) >= 11 is 0. The van der Waals surface area contributed by atoms with Gasteiger partial charge in [0.25, 0.3) is 0 Å². The van der Waals surface area contributed by atoms with Crippen LogP contribution < -0.4 is 10.1 Å². The Kier molecular flexibility index (Phi) is 5.22. The van der Waals surface area contributed by atoms with Crippen molar-refractivity contribution in [1.82, 2.24) is 5.32 Å². The monoisotopic (exact) mass is 294 g/mol. The number of benzene rings is 2. The third kappa shape index (κ3) is 4.43. The molecule has 1 saturated heterocycles. The molecule has 0 atom stereocenters. The Morgan fingerprint density at radius 1 is 1.00 bits per heavy atom. The molecule has 0 amide bonds. The fraction of sp³-hybridized carbons (Fsp3) is 0.316. The van der Waals surface area contributed by atoms with E-state index in [4.69, 9.17) is 4.74 Å². The zero-order valence-electron chi connectivity index (χ0n) is 12.7. The first-order valence-electron chi connectivity index (χ1n) is 7.94. The second-order valence-electron chi connectivity index (χ2n) is 5.68. The van der Waals surface area contributed by atoms with E-state index in [2.05, 4.69) is 16.4 Å². The van der Waals surface area contributed by atoms with E-state index in [0.29, 0.717) is 0 Å². The number of nitrogens with one attached hydrogen (secondary N) is 1. The van der Waals surface area contributed by atoms with E-state index < -0.39 is 0 Å². The highest BCUT2D eigenvalue weighted by Gasteiger charge is 2.11. The van der Waals surface area contributed by atoms with Gasteiger partial charge in [-0.2, -0.15) is 0 Å². The molecular formula is C19H22N2O. The summed E-state index contributed by atoms with van der Waals surface area (Å²) in [6.45, 7) is 3.17. The van der Waals surface area contributed by atoms with Gasteiger partial charge < -0.3 is 10.1 Å². The molecule has 0 aliphatic carbocycles. The molecule has 1 heterocycles. The first-order chi connectivity index (χ1) is 10.9. The smallest absolute Gasteiger partial charge is 0.128 e. The van der Waals surface area contributed by atoms with Gasteiger partial charge in [-0.25, -0.2) is 0 Å². The Morgan fingerprint density at radius 3 is 2.59 bits per heavy atom. The molecule has 1 aliphatic rings. The number of para-hydroxylation sites is 1. The Labute approximate surface area is 132 Å². The van der Waals surface area contributed by atoms with Crippen LogP contribution in [0.5, 0.6) is 11.5 Å². The van der Waals surface area contributed by atoms with Crippen molar-refractivity contribution in [3.05, 3.63) is 60.2 Å². The van der Waals surface area contributed by atoms with Crippen molar-refractivity contribution in [3.8, 4) is 11.5 Å². The van der Waals surface area contributed by atoms with Crippen LogP contribution in [0.15, 0.2) is 59.6 Å². The molecule has 3 nitrogen and oxygen atoms in total. The fourth-order valence-corrected chi connectivity index (χ4v) is 2.65. The third-order valence-electron chi connectivity index (χ3n) is 3.90. The molecule has 2 aromatic rings. The van der Waals surface area contributed by atoms with Crippen molar-refractivity contribution in [2.75, 3.05) is 19.6 Å². The molecular weight excluding hydrogens is 272 g/mol. The highest BCUT2D eigenvalue weighted by molar-refractivity contribution is 5.80. The van der Waals surface area contributed by atoms with E-state index in [1.54, 1.807) is 0 Å². The molecule has 0 unspecified atom stereocenters. The van der Waals surface area contributed by atoms with E-state index in [9.17, 15) is 0 Å². The molecule has 0 saturated carbocycles. The molecule has 1 fully saturated rings. The summed E-state index contributed by atoms with van der Waals surface area (Å²) in [7, 11) is 0. The maximum Gasteiger partial charge on any atom is 0.128 e. The van der Waals surface area contributed by atoms with Gasteiger partial charge in [0.15, 0.2) is 0 Å². The molecule has 0 radical (unpaired) electrons. The summed E-state index contributed by atoms with van der Waals surface area (Å²) in [5, 5.41) is 3.39. The van der Waals surface area contributed by atoms with Gasteiger partial charge in [0.05, 0.1) is 0 Å². The molecule has 3 heteroatoms. The lowest BCUT2D eigenvalue weighted by Crippen LogP contribution is -2.28. The molecule has 1 N–H and O–H groups in total. The fourth-order valence-electron chi connectivity index (χ4n) is 2.65. The zero-order chi connectivity index (χ0) is 15.0. The van der Waals surface area contributed by atoms with Crippen LogP contribution in [-0.2, 0) is 0 Å². The SMILES string of the molecule is C(=NCC1CCNCC1)c1cccc(Oc2ccccc2)c1. The predicted octanol–water partition coefficient (Wildman–Crippen LogP) is 3.90. The van der Waals surface area contributed by atoms with Crippen LogP contribution in [0.3, 0.4) is 0 Å². The number of hydrogen-bond acceptors (Lipinski definition) is 3. The lowest BCUT2D eigenvalue weighted by Gasteiger charge is -2.20. The number of ether oxygens (including phenoxy) is 1. The maximum atomic E-state index is 5.85. The van der Waals surface area contributed by atoms with Crippen LogP contribution >= 0.6 is 0 Å². The summed E-state index contributed by atoms with van der Waals surface area (Å²) in [4.78, 5) is 4.61. The highest BCUT2D eigenvalue weighted by Crippen LogP contribution is 2.21. The normalized spacial score (nSPS) is 16.0. The van der Waals surface area contributed by atoms with Gasteiger partial charge >= 0.3 is 0 Å². The van der Waals surface area contributed by atoms with Gasteiger partial charge in [-0.1, -0.05) is 30.3 Å². The molecule has 0 bridgehead atoms. The quantitative estimate of drug-likeness (QED) is 0.849. The number of piperidine rings is 1. The van der Waals surface area contributed by atoms with Gasteiger partial charge in [-0.05, 0) is 61.7 Å². The number of nitrogens with zero attached hydrogens (tertiary/aromatic N) is 1. The minimum Gasteiger partial charge on any atom is -0.457 e. The molecule has 22 heavy (non-hydrogen) atoms. The van der Waals surface area contributed by atoms with Crippen LogP contribution in [0.2, 0.25) is 0 Å². The lowest BCUT2D eigenvalue weighted by molar-refractivity contribution is 0.383. The van der Waals surface area contributed by atoms with Gasteiger partial charge in [0.2, 0.25) is 0 Å². The first-order valence-corrected chi connectivity index (χ1v) is 7.94. The molecule has 0 aromatic heterocycles. The van der Waals surface area contributed by atoms with Gasteiger partial charge in [-0.15, -0.1) is 0 Å². The van der Waals surface area contributed by atoms with Gasteiger partial charge in [0, 0.05) is 12.8 Å². The Hall–Kier alpha value is -2.13. The second-order valence-corrected chi connectivity index (χ2v) is 5.68. The average Bonchev–Trinajstić information content (AvgIpc) is 2.57. The molecule has 114 valence electrons. The summed E-state index contributed by atoms with van der Waals surface area (Å²) in [5.41, 5.74) is 1.09. The van der Waals surface area contributed by atoms with Gasteiger partial charge in [-0.3, -0.25) is 4.99 Å². The highest BCUT2D eigenvalue weighted by atomic mass is 16.5. The minimum absolute atomic E-state index is 0.723. The van der Waals surface area contributed by atoms with E-state index in [1.165, 1.54) is 12.8 Å². The number of aliphatic imine (C=N–C) groups is 1. The second kappa shape index (κ2) is 7.76. The van der Waals surface area contributed by atoms with Crippen LogP contribution in [0.25, 0.3) is 0 Å². The van der Waals surface area contributed by atoms with Crippen molar-refractivity contribution in [2.45, 2.75) is 12.8 Å². The van der Waals surface area contributed by atoms with Crippen LogP contribution in [0, 0.1) is 5.92 Å². The van der Waals surface area contributed by atoms with Crippen LogP contribution in [0.1, 0.15) is 18.4 Å². The summed E-state index contributed by atoms with van der Waals surface area (Å²) in [6.07, 6.45) is 4.42. The van der Waals surface area contributed by atoms with Crippen molar-refractivity contribution >= 4 is 6.21 Å². The minimum atomic E-state index is 0.723. The summed E-state index contributed by atoms with van der Waals surface area (Å²) < 4.78 is 5.85. The first kappa shape index (κ1) is 14.8. The lowest BCUT2D eigenvalue weighted by atomic mass is 9.98. The van der Waals surface area contributed by atoms with E-state index in [0.717, 1.165) is 42.6 Å². The predicted molar refractivity (Wildman–Crippen MR) is 91.0 cm³/mol.